The van der Waals surface area contributed by atoms with Crippen molar-refractivity contribution in [3.05, 3.63) is 47.8 Å². The van der Waals surface area contributed by atoms with E-state index in [2.05, 4.69) is 0 Å². The summed E-state index contributed by atoms with van der Waals surface area (Å²) >= 11 is 0. The SMILES string of the molecule is COc1cc(C)ccc1OCC(=O)c1ccn(C)c1. The van der Waals surface area contributed by atoms with Gasteiger partial charge >= 0.3 is 0 Å². The van der Waals surface area contributed by atoms with E-state index in [1.165, 1.54) is 0 Å². The van der Waals surface area contributed by atoms with Crippen LogP contribution in [0.5, 0.6) is 11.5 Å². The quantitative estimate of drug-likeness (QED) is 0.775. The maximum atomic E-state index is 11.9. The Morgan fingerprint density at radius 1 is 1.26 bits per heavy atom. The van der Waals surface area contributed by atoms with Crippen LogP contribution in [0.15, 0.2) is 36.7 Å². The summed E-state index contributed by atoms with van der Waals surface area (Å²) in [5.74, 6) is 1.17. The van der Waals surface area contributed by atoms with Gasteiger partial charge in [0.1, 0.15) is 0 Å². The summed E-state index contributed by atoms with van der Waals surface area (Å²) in [6.07, 6.45) is 3.61. The second-order valence-corrected chi connectivity index (χ2v) is 4.43. The minimum Gasteiger partial charge on any atom is -0.493 e. The molecule has 0 radical (unpaired) electrons. The highest BCUT2D eigenvalue weighted by atomic mass is 16.5. The van der Waals surface area contributed by atoms with Crippen molar-refractivity contribution >= 4 is 5.78 Å². The lowest BCUT2D eigenvalue weighted by Crippen LogP contribution is -2.11. The Labute approximate surface area is 112 Å². The van der Waals surface area contributed by atoms with Crippen LogP contribution in [0.3, 0.4) is 0 Å². The van der Waals surface area contributed by atoms with Crippen LogP contribution in [0.4, 0.5) is 0 Å². The van der Waals surface area contributed by atoms with E-state index in [-0.39, 0.29) is 12.4 Å². The number of ketones is 1. The van der Waals surface area contributed by atoms with Gasteiger partial charge in [0.15, 0.2) is 18.1 Å². The zero-order valence-electron chi connectivity index (χ0n) is 11.3. The predicted octanol–water partition coefficient (Wildman–Crippen LogP) is 2.60. The standard InChI is InChI=1S/C15H17NO3/c1-11-4-5-14(15(8-11)18-3)19-10-13(17)12-6-7-16(2)9-12/h4-9H,10H2,1-3H3. The minimum atomic E-state index is -0.0526. The van der Waals surface area contributed by atoms with Crippen LogP contribution < -0.4 is 9.47 Å². The van der Waals surface area contributed by atoms with Crippen LogP contribution in [0.2, 0.25) is 0 Å². The van der Waals surface area contributed by atoms with Gasteiger partial charge in [-0.1, -0.05) is 6.07 Å². The zero-order valence-corrected chi connectivity index (χ0v) is 11.3. The van der Waals surface area contributed by atoms with E-state index in [0.717, 1.165) is 5.56 Å². The highest BCUT2D eigenvalue weighted by Crippen LogP contribution is 2.27. The highest BCUT2D eigenvalue weighted by molar-refractivity contribution is 5.97. The first-order chi connectivity index (χ1) is 9.10. The molecule has 0 atom stereocenters. The Balaban J connectivity index is 2.04. The number of nitrogens with zero attached hydrogens (tertiary/aromatic N) is 1. The van der Waals surface area contributed by atoms with Gasteiger partial charge in [0.2, 0.25) is 5.78 Å². The first-order valence-electron chi connectivity index (χ1n) is 6.03. The van der Waals surface area contributed by atoms with Gasteiger partial charge in [-0.05, 0) is 30.7 Å². The van der Waals surface area contributed by atoms with Gasteiger partial charge in [-0.3, -0.25) is 4.79 Å². The number of carbonyl (C=O) groups is 1. The molecular weight excluding hydrogens is 242 g/mol. The van der Waals surface area contributed by atoms with Crippen LogP contribution in [0.1, 0.15) is 15.9 Å². The first kappa shape index (κ1) is 13.2. The molecule has 19 heavy (non-hydrogen) atoms. The molecule has 0 aliphatic heterocycles. The second-order valence-electron chi connectivity index (χ2n) is 4.43. The Hall–Kier alpha value is -2.23. The largest absolute Gasteiger partial charge is 0.493 e. The van der Waals surface area contributed by atoms with Gasteiger partial charge in [-0.25, -0.2) is 0 Å². The van der Waals surface area contributed by atoms with Crippen molar-refractivity contribution in [2.45, 2.75) is 6.92 Å². The van der Waals surface area contributed by atoms with Crippen molar-refractivity contribution in [1.82, 2.24) is 4.57 Å². The number of carbonyl (C=O) groups excluding carboxylic acids is 1. The number of aryl methyl sites for hydroxylation is 2. The summed E-state index contributed by atoms with van der Waals surface area (Å²) < 4.78 is 12.6. The predicted molar refractivity (Wildman–Crippen MR) is 73.0 cm³/mol. The highest BCUT2D eigenvalue weighted by Gasteiger charge is 2.10. The van der Waals surface area contributed by atoms with Crippen LogP contribution in [-0.4, -0.2) is 24.1 Å². The lowest BCUT2D eigenvalue weighted by Gasteiger charge is -2.10. The van der Waals surface area contributed by atoms with Crippen molar-refractivity contribution in [2.24, 2.45) is 7.05 Å². The molecule has 0 bridgehead atoms. The van der Waals surface area contributed by atoms with E-state index < -0.39 is 0 Å². The van der Waals surface area contributed by atoms with Crippen molar-refractivity contribution in [2.75, 3.05) is 13.7 Å². The van der Waals surface area contributed by atoms with Gasteiger partial charge in [-0.2, -0.15) is 0 Å². The molecule has 1 aromatic heterocycles. The average Bonchev–Trinajstić information content (AvgIpc) is 2.83. The lowest BCUT2D eigenvalue weighted by molar-refractivity contribution is 0.0919. The smallest absolute Gasteiger partial charge is 0.201 e. The van der Waals surface area contributed by atoms with E-state index in [9.17, 15) is 4.79 Å². The molecule has 4 heteroatoms. The van der Waals surface area contributed by atoms with Crippen LogP contribution in [-0.2, 0) is 7.05 Å². The molecule has 0 spiro atoms. The monoisotopic (exact) mass is 259 g/mol. The number of ether oxygens (including phenoxy) is 2. The van der Waals surface area contributed by atoms with Gasteiger partial charge in [0.25, 0.3) is 0 Å². The molecule has 4 nitrogen and oxygen atoms in total. The minimum absolute atomic E-state index is 0.00341. The molecule has 0 amide bonds. The molecule has 0 N–H and O–H groups in total. The molecule has 0 aliphatic rings. The molecule has 100 valence electrons. The summed E-state index contributed by atoms with van der Waals surface area (Å²) in [5, 5.41) is 0. The normalized spacial score (nSPS) is 10.3. The third-order valence-corrected chi connectivity index (χ3v) is 2.83. The van der Waals surface area contributed by atoms with Gasteiger partial charge in [-0.15, -0.1) is 0 Å². The Morgan fingerprint density at radius 3 is 2.68 bits per heavy atom. The van der Waals surface area contributed by atoms with Gasteiger partial charge in [0, 0.05) is 25.0 Å². The molecule has 1 heterocycles. The maximum Gasteiger partial charge on any atom is 0.201 e. The van der Waals surface area contributed by atoms with Crippen molar-refractivity contribution < 1.29 is 14.3 Å². The molecular formula is C15H17NO3. The molecule has 0 aliphatic carbocycles. The summed E-state index contributed by atoms with van der Waals surface area (Å²) in [7, 11) is 3.46. The number of methoxy groups -OCH3 is 1. The summed E-state index contributed by atoms with van der Waals surface area (Å²) in [4.78, 5) is 11.9. The fourth-order valence-electron chi connectivity index (χ4n) is 1.79. The fraction of sp³-hybridized carbons (Fsp3) is 0.267. The Kier molecular flexibility index (Phi) is 3.90. The third-order valence-electron chi connectivity index (χ3n) is 2.83. The fourth-order valence-corrected chi connectivity index (χ4v) is 1.79. The van der Waals surface area contributed by atoms with Gasteiger partial charge in [0.05, 0.1) is 7.11 Å². The van der Waals surface area contributed by atoms with E-state index >= 15 is 0 Å². The molecule has 2 aromatic rings. The molecule has 0 saturated heterocycles. The van der Waals surface area contributed by atoms with E-state index in [4.69, 9.17) is 9.47 Å². The van der Waals surface area contributed by atoms with Crippen LogP contribution in [0, 0.1) is 6.92 Å². The number of rotatable bonds is 5. The molecule has 0 unspecified atom stereocenters. The van der Waals surface area contributed by atoms with Crippen LogP contribution >= 0.6 is 0 Å². The zero-order chi connectivity index (χ0) is 13.8. The van der Waals surface area contributed by atoms with Crippen molar-refractivity contribution in [3.8, 4) is 11.5 Å². The average molecular weight is 259 g/mol. The number of hydrogen-bond donors (Lipinski definition) is 0. The van der Waals surface area contributed by atoms with Crippen LogP contribution in [0.25, 0.3) is 0 Å². The molecule has 1 aromatic carbocycles. The van der Waals surface area contributed by atoms with E-state index in [0.29, 0.717) is 17.1 Å². The Morgan fingerprint density at radius 2 is 2.05 bits per heavy atom. The molecule has 0 saturated carbocycles. The number of hydrogen-bond acceptors (Lipinski definition) is 3. The van der Waals surface area contributed by atoms with Crippen molar-refractivity contribution in [1.29, 1.82) is 0 Å². The third kappa shape index (κ3) is 3.16. The second kappa shape index (κ2) is 5.61. The van der Waals surface area contributed by atoms with Crippen molar-refractivity contribution in [3.63, 3.8) is 0 Å². The lowest BCUT2D eigenvalue weighted by atomic mass is 10.2. The van der Waals surface area contributed by atoms with E-state index in [1.54, 1.807) is 19.4 Å². The summed E-state index contributed by atoms with van der Waals surface area (Å²) in [5.41, 5.74) is 1.73. The number of Topliss-reactive ketones (excluding diaryl/α,β-unsaturated/α-hetero) is 1. The Bertz CT molecular complexity index is 587. The summed E-state index contributed by atoms with van der Waals surface area (Å²) in [6.45, 7) is 1.98. The molecule has 2 rings (SSSR count). The molecule has 0 fully saturated rings. The maximum absolute atomic E-state index is 11.9. The van der Waals surface area contributed by atoms with E-state index in [1.807, 2.05) is 42.9 Å². The summed E-state index contributed by atoms with van der Waals surface area (Å²) in [6, 6.07) is 7.39. The first-order valence-corrected chi connectivity index (χ1v) is 6.03. The number of benzene rings is 1. The topological polar surface area (TPSA) is 40.5 Å². The number of aromatic nitrogens is 1. The van der Waals surface area contributed by atoms with Gasteiger partial charge < -0.3 is 14.0 Å².